The number of hydrogen-bond donors (Lipinski definition) is 0. The van der Waals surface area contributed by atoms with E-state index in [9.17, 15) is 4.39 Å². The molecule has 19 heavy (non-hydrogen) atoms. The van der Waals surface area contributed by atoms with Gasteiger partial charge in [0.25, 0.3) is 0 Å². The highest BCUT2D eigenvalue weighted by Crippen LogP contribution is 2.32. The Kier molecular flexibility index (Phi) is 4.08. The van der Waals surface area contributed by atoms with Crippen molar-refractivity contribution >= 4 is 0 Å². The molecule has 0 atom stereocenters. The molecule has 2 rings (SSSR count). The van der Waals surface area contributed by atoms with Crippen LogP contribution >= 0.6 is 0 Å². The molecule has 1 heterocycles. The minimum atomic E-state index is -0.178. The molecule has 1 aromatic heterocycles. The molecule has 0 amide bonds. The van der Waals surface area contributed by atoms with Gasteiger partial charge >= 0.3 is 0 Å². The number of benzene rings is 1. The monoisotopic (exact) mass is 259 g/mol. The molecule has 0 spiro atoms. The number of aromatic nitrogens is 1. The third-order valence-corrected chi connectivity index (χ3v) is 3.62. The van der Waals surface area contributed by atoms with Gasteiger partial charge < -0.3 is 4.57 Å². The molecule has 0 aliphatic rings. The van der Waals surface area contributed by atoms with Crippen LogP contribution in [0.5, 0.6) is 0 Å². The lowest BCUT2D eigenvalue weighted by Gasteiger charge is -2.13. The van der Waals surface area contributed by atoms with E-state index in [1.54, 1.807) is 12.1 Å². The summed E-state index contributed by atoms with van der Waals surface area (Å²) in [5.74, 6) is -0.178. The van der Waals surface area contributed by atoms with Crippen LogP contribution in [0.15, 0.2) is 30.5 Å². The van der Waals surface area contributed by atoms with Crippen LogP contribution in [0.3, 0.4) is 0 Å². The Balaban J connectivity index is 2.63. The van der Waals surface area contributed by atoms with Crippen molar-refractivity contribution in [2.24, 2.45) is 0 Å². The van der Waals surface area contributed by atoms with Crippen LogP contribution in [-0.2, 0) is 12.8 Å². The average Bonchev–Trinajstić information content (AvgIpc) is 2.78. The molecule has 0 bridgehead atoms. The first-order chi connectivity index (χ1) is 9.08. The van der Waals surface area contributed by atoms with Gasteiger partial charge in [-0.15, -0.1) is 0 Å². The fourth-order valence-corrected chi connectivity index (χ4v) is 2.68. The van der Waals surface area contributed by atoms with E-state index in [2.05, 4.69) is 38.5 Å². The summed E-state index contributed by atoms with van der Waals surface area (Å²) >= 11 is 0. The van der Waals surface area contributed by atoms with E-state index < -0.39 is 0 Å². The summed E-state index contributed by atoms with van der Waals surface area (Å²) < 4.78 is 15.4. The second-order valence-corrected chi connectivity index (χ2v) is 5.19. The lowest BCUT2D eigenvalue weighted by molar-refractivity contribution is 0.579. The summed E-state index contributed by atoms with van der Waals surface area (Å²) in [5.41, 5.74) is 5.10. The van der Waals surface area contributed by atoms with Crippen LogP contribution in [0, 0.1) is 5.82 Å². The maximum Gasteiger partial charge on any atom is 0.123 e. The van der Waals surface area contributed by atoms with Gasteiger partial charge in [0.2, 0.25) is 0 Å². The Hall–Kier alpha value is -1.57. The zero-order valence-electron chi connectivity index (χ0n) is 12.2. The fraction of sp³-hybridized carbons (Fsp3) is 0.412. The number of rotatable bonds is 4. The van der Waals surface area contributed by atoms with Crippen molar-refractivity contribution in [3.63, 3.8) is 0 Å². The van der Waals surface area contributed by atoms with E-state index >= 15 is 0 Å². The van der Waals surface area contributed by atoms with Crippen molar-refractivity contribution in [2.45, 2.75) is 46.6 Å². The second-order valence-electron chi connectivity index (χ2n) is 5.19. The van der Waals surface area contributed by atoms with Crippen LogP contribution in [0.25, 0.3) is 11.1 Å². The molecule has 2 heteroatoms. The van der Waals surface area contributed by atoms with E-state index in [0.717, 1.165) is 18.4 Å². The summed E-state index contributed by atoms with van der Waals surface area (Å²) in [6, 6.07) is 7.30. The number of hydrogen-bond acceptors (Lipinski definition) is 0. The van der Waals surface area contributed by atoms with Gasteiger partial charge in [0, 0.05) is 23.5 Å². The van der Waals surface area contributed by atoms with Gasteiger partial charge in [-0.1, -0.05) is 26.0 Å². The standard InChI is InChI=1S/C17H22FN/c1-5-13-11-19(12(3)4)16(6-2)17(13)14-7-9-15(18)10-8-14/h7-12H,5-6H2,1-4H3. The van der Waals surface area contributed by atoms with Crippen LogP contribution in [0.1, 0.15) is 45.0 Å². The Labute approximate surface area is 115 Å². The van der Waals surface area contributed by atoms with Crippen molar-refractivity contribution in [3.8, 4) is 11.1 Å². The van der Waals surface area contributed by atoms with Gasteiger partial charge in [-0.3, -0.25) is 0 Å². The Bertz CT molecular complexity index is 549. The highest BCUT2D eigenvalue weighted by Gasteiger charge is 2.16. The van der Waals surface area contributed by atoms with Gasteiger partial charge in [-0.05, 0) is 49.9 Å². The lowest BCUT2D eigenvalue weighted by atomic mass is 9.99. The Morgan fingerprint density at radius 2 is 1.68 bits per heavy atom. The first-order valence-corrected chi connectivity index (χ1v) is 7.07. The Morgan fingerprint density at radius 3 is 2.16 bits per heavy atom. The predicted octanol–water partition coefficient (Wildman–Crippen LogP) is 5.00. The molecule has 2 aromatic rings. The largest absolute Gasteiger partial charge is 0.348 e. The fourth-order valence-electron chi connectivity index (χ4n) is 2.68. The quantitative estimate of drug-likeness (QED) is 0.728. The normalized spacial score (nSPS) is 11.3. The van der Waals surface area contributed by atoms with Gasteiger partial charge in [0.15, 0.2) is 0 Å². The molecular formula is C17H22FN. The van der Waals surface area contributed by atoms with Crippen molar-refractivity contribution < 1.29 is 4.39 Å². The van der Waals surface area contributed by atoms with E-state index in [1.807, 2.05) is 12.1 Å². The first-order valence-electron chi connectivity index (χ1n) is 7.07. The summed E-state index contributed by atoms with van der Waals surface area (Å²) in [6.07, 6.45) is 4.24. The maximum atomic E-state index is 13.1. The van der Waals surface area contributed by atoms with Crippen LogP contribution in [0.4, 0.5) is 4.39 Å². The predicted molar refractivity (Wildman–Crippen MR) is 79.0 cm³/mol. The summed E-state index contributed by atoms with van der Waals surface area (Å²) in [4.78, 5) is 0. The smallest absolute Gasteiger partial charge is 0.123 e. The number of aryl methyl sites for hydroxylation is 1. The average molecular weight is 259 g/mol. The van der Waals surface area contributed by atoms with Gasteiger partial charge in [0.05, 0.1) is 0 Å². The third kappa shape index (κ3) is 2.58. The van der Waals surface area contributed by atoms with Crippen molar-refractivity contribution in [1.29, 1.82) is 0 Å². The molecule has 102 valence electrons. The number of nitrogens with zero attached hydrogens (tertiary/aromatic N) is 1. The molecule has 1 nitrogen and oxygen atoms in total. The van der Waals surface area contributed by atoms with E-state index in [1.165, 1.54) is 16.8 Å². The van der Waals surface area contributed by atoms with Crippen LogP contribution < -0.4 is 0 Å². The van der Waals surface area contributed by atoms with Crippen molar-refractivity contribution in [3.05, 3.63) is 47.5 Å². The molecule has 0 fully saturated rings. The second kappa shape index (κ2) is 5.60. The molecule has 0 saturated heterocycles. The van der Waals surface area contributed by atoms with E-state index in [-0.39, 0.29) is 5.82 Å². The third-order valence-electron chi connectivity index (χ3n) is 3.62. The Morgan fingerprint density at radius 1 is 1.05 bits per heavy atom. The highest BCUT2D eigenvalue weighted by molar-refractivity contribution is 5.70. The molecule has 0 aliphatic heterocycles. The summed E-state index contributed by atoms with van der Waals surface area (Å²) in [5, 5.41) is 0. The molecule has 1 aromatic carbocycles. The SMILES string of the molecule is CCc1cn(C(C)C)c(CC)c1-c1ccc(F)cc1. The van der Waals surface area contributed by atoms with E-state index in [4.69, 9.17) is 0 Å². The van der Waals surface area contributed by atoms with Crippen molar-refractivity contribution in [1.82, 2.24) is 4.57 Å². The van der Waals surface area contributed by atoms with Gasteiger partial charge in [0.1, 0.15) is 5.82 Å². The zero-order chi connectivity index (χ0) is 14.0. The first kappa shape index (κ1) is 13.9. The van der Waals surface area contributed by atoms with Crippen molar-refractivity contribution in [2.75, 3.05) is 0 Å². The zero-order valence-corrected chi connectivity index (χ0v) is 12.2. The molecule has 0 aliphatic carbocycles. The highest BCUT2D eigenvalue weighted by atomic mass is 19.1. The molecular weight excluding hydrogens is 237 g/mol. The van der Waals surface area contributed by atoms with Gasteiger partial charge in [-0.2, -0.15) is 0 Å². The lowest BCUT2D eigenvalue weighted by Crippen LogP contribution is -2.03. The van der Waals surface area contributed by atoms with E-state index in [0.29, 0.717) is 6.04 Å². The number of halogens is 1. The summed E-state index contributed by atoms with van der Waals surface area (Å²) in [6.45, 7) is 8.76. The van der Waals surface area contributed by atoms with Crippen LogP contribution in [0.2, 0.25) is 0 Å². The maximum absolute atomic E-state index is 13.1. The van der Waals surface area contributed by atoms with Gasteiger partial charge in [-0.25, -0.2) is 4.39 Å². The molecule has 0 radical (unpaired) electrons. The minimum absolute atomic E-state index is 0.178. The molecule has 0 saturated carbocycles. The summed E-state index contributed by atoms with van der Waals surface area (Å²) in [7, 11) is 0. The minimum Gasteiger partial charge on any atom is -0.348 e. The molecule has 0 N–H and O–H groups in total. The molecule has 0 unspecified atom stereocenters. The van der Waals surface area contributed by atoms with Crippen LogP contribution in [-0.4, -0.2) is 4.57 Å². The topological polar surface area (TPSA) is 4.93 Å².